The molecule has 0 saturated heterocycles. The summed E-state index contributed by atoms with van der Waals surface area (Å²) in [6.45, 7) is 8.63. The van der Waals surface area contributed by atoms with Crippen LogP contribution < -0.4 is 10.6 Å². The van der Waals surface area contributed by atoms with Crippen LogP contribution in [0.3, 0.4) is 0 Å². The number of carbonyl (C=O) groups is 1. The molecule has 0 aromatic carbocycles. The fraction of sp³-hybridized carbons (Fsp3) is 0.900. The molecule has 15 heavy (non-hydrogen) atoms. The second kappa shape index (κ2) is 6.23. The van der Waals surface area contributed by atoms with E-state index in [1.165, 1.54) is 0 Å². The van der Waals surface area contributed by atoms with E-state index in [1.807, 2.05) is 27.7 Å². The summed E-state index contributed by atoms with van der Waals surface area (Å²) >= 11 is 0. The van der Waals surface area contributed by atoms with Crippen LogP contribution in [0.4, 0.5) is 0 Å². The Morgan fingerprint density at radius 2 is 1.93 bits per heavy atom. The standard InChI is InChI=1S/C10H22N2O2S/c1-8(15(5)14)6-11-9(13)7-12-10(2,3)4/h8,12H,6-7H2,1-5H3,(H,11,13). The van der Waals surface area contributed by atoms with Crippen molar-refractivity contribution in [1.29, 1.82) is 0 Å². The minimum absolute atomic E-state index is 0.00332. The van der Waals surface area contributed by atoms with Crippen LogP contribution in [0.25, 0.3) is 0 Å². The zero-order chi connectivity index (χ0) is 12.1. The van der Waals surface area contributed by atoms with E-state index in [0.29, 0.717) is 13.1 Å². The maximum absolute atomic E-state index is 11.3. The molecule has 0 aliphatic rings. The highest BCUT2D eigenvalue weighted by atomic mass is 32.2. The largest absolute Gasteiger partial charge is 0.354 e. The topological polar surface area (TPSA) is 58.2 Å². The van der Waals surface area contributed by atoms with Crippen molar-refractivity contribution in [1.82, 2.24) is 10.6 Å². The van der Waals surface area contributed by atoms with Gasteiger partial charge in [0.1, 0.15) is 0 Å². The second-order valence-corrected chi connectivity index (χ2v) is 6.52. The molecule has 0 radical (unpaired) electrons. The van der Waals surface area contributed by atoms with Gasteiger partial charge in [0, 0.05) is 34.4 Å². The molecule has 1 amide bonds. The molecule has 0 aromatic heterocycles. The fourth-order valence-corrected chi connectivity index (χ4v) is 1.10. The number of hydrogen-bond donors (Lipinski definition) is 2. The lowest BCUT2D eigenvalue weighted by Crippen LogP contribution is -2.44. The van der Waals surface area contributed by atoms with Gasteiger partial charge >= 0.3 is 0 Å². The molecular weight excluding hydrogens is 212 g/mol. The molecule has 0 fully saturated rings. The monoisotopic (exact) mass is 234 g/mol. The van der Waals surface area contributed by atoms with Crippen LogP contribution in [0.2, 0.25) is 0 Å². The molecule has 90 valence electrons. The first-order chi connectivity index (χ1) is 6.72. The number of nitrogens with one attached hydrogen (secondary N) is 2. The highest BCUT2D eigenvalue weighted by Crippen LogP contribution is 1.96. The fourth-order valence-electron chi connectivity index (χ4n) is 0.783. The van der Waals surface area contributed by atoms with E-state index in [1.54, 1.807) is 6.26 Å². The first-order valence-corrected chi connectivity index (χ1v) is 6.68. The molecule has 0 bridgehead atoms. The van der Waals surface area contributed by atoms with Gasteiger partial charge < -0.3 is 10.6 Å². The molecule has 0 aliphatic heterocycles. The van der Waals surface area contributed by atoms with Crippen molar-refractivity contribution in [3.8, 4) is 0 Å². The van der Waals surface area contributed by atoms with Gasteiger partial charge in [-0.15, -0.1) is 0 Å². The van der Waals surface area contributed by atoms with Gasteiger partial charge in [-0.1, -0.05) is 0 Å². The van der Waals surface area contributed by atoms with Gasteiger partial charge in [-0.25, -0.2) is 0 Å². The Morgan fingerprint density at radius 3 is 2.33 bits per heavy atom. The van der Waals surface area contributed by atoms with Gasteiger partial charge in [-0.2, -0.15) is 0 Å². The van der Waals surface area contributed by atoms with E-state index < -0.39 is 10.8 Å². The predicted molar refractivity (Wildman–Crippen MR) is 64.3 cm³/mol. The highest BCUT2D eigenvalue weighted by molar-refractivity contribution is 7.84. The number of rotatable bonds is 5. The Kier molecular flexibility index (Phi) is 6.05. The molecule has 0 rings (SSSR count). The third-order valence-corrected chi connectivity index (χ3v) is 3.23. The van der Waals surface area contributed by atoms with Crippen molar-refractivity contribution in [3.63, 3.8) is 0 Å². The lowest BCUT2D eigenvalue weighted by atomic mass is 10.1. The molecular formula is C10H22N2O2S. The molecule has 0 saturated carbocycles. The molecule has 5 heteroatoms. The highest BCUT2D eigenvalue weighted by Gasteiger charge is 2.12. The van der Waals surface area contributed by atoms with Gasteiger partial charge in [0.2, 0.25) is 5.91 Å². The van der Waals surface area contributed by atoms with Gasteiger partial charge in [-0.05, 0) is 27.7 Å². The van der Waals surface area contributed by atoms with Crippen LogP contribution in [-0.2, 0) is 15.6 Å². The minimum atomic E-state index is -0.883. The summed E-state index contributed by atoms with van der Waals surface area (Å²) in [5.74, 6) is -0.0535. The number of hydrogen-bond acceptors (Lipinski definition) is 3. The molecule has 0 aliphatic carbocycles. The van der Waals surface area contributed by atoms with Crippen molar-refractivity contribution in [3.05, 3.63) is 0 Å². The Balaban J connectivity index is 3.72. The lowest BCUT2D eigenvalue weighted by molar-refractivity contribution is -0.120. The number of amides is 1. The Labute approximate surface area is 94.7 Å². The van der Waals surface area contributed by atoms with Gasteiger partial charge in [0.15, 0.2) is 0 Å². The van der Waals surface area contributed by atoms with Crippen LogP contribution in [0, 0.1) is 0 Å². The van der Waals surface area contributed by atoms with E-state index in [4.69, 9.17) is 0 Å². The smallest absolute Gasteiger partial charge is 0.234 e. The summed E-state index contributed by atoms with van der Waals surface area (Å²) in [7, 11) is -0.883. The molecule has 0 aromatic rings. The molecule has 4 nitrogen and oxygen atoms in total. The van der Waals surface area contributed by atoms with E-state index >= 15 is 0 Å². The van der Waals surface area contributed by atoms with Crippen LogP contribution >= 0.6 is 0 Å². The van der Waals surface area contributed by atoms with Crippen molar-refractivity contribution in [2.24, 2.45) is 0 Å². The van der Waals surface area contributed by atoms with Gasteiger partial charge in [0.25, 0.3) is 0 Å². The maximum Gasteiger partial charge on any atom is 0.234 e. The van der Waals surface area contributed by atoms with Crippen LogP contribution in [0.5, 0.6) is 0 Å². The second-order valence-electron chi connectivity index (χ2n) is 4.72. The molecule has 2 atom stereocenters. The van der Waals surface area contributed by atoms with Gasteiger partial charge in [-0.3, -0.25) is 9.00 Å². The summed E-state index contributed by atoms with van der Waals surface area (Å²) in [4.78, 5) is 11.3. The lowest BCUT2D eigenvalue weighted by Gasteiger charge is -2.20. The normalized spacial score (nSPS) is 15.8. The van der Waals surface area contributed by atoms with Crippen LogP contribution in [-0.4, -0.2) is 40.3 Å². The Morgan fingerprint density at radius 1 is 1.40 bits per heavy atom. The summed E-state index contributed by atoms with van der Waals surface area (Å²) < 4.78 is 11.0. The zero-order valence-electron chi connectivity index (χ0n) is 10.2. The van der Waals surface area contributed by atoms with Crippen molar-refractivity contribution >= 4 is 16.7 Å². The third-order valence-electron chi connectivity index (χ3n) is 1.93. The van der Waals surface area contributed by atoms with Crippen LogP contribution in [0.1, 0.15) is 27.7 Å². The van der Waals surface area contributed by atoms with Crippen molar-refractivity contribution in [2.75, 3.05) is 19.3 Å². The summed E-state index contributed by atoms with van der Waals surface area (Å²) in [5.41, 5.74) is -0.0590. The predicted octanol–water partition coefficient (Wildman–Crippen LogP) is 0.258. The zero-order valence-corrected chi connectivity index (χ0v) is 11.0. The van der Waals surface area contributed by atoms with E-state index in [2.05, 4.69) is 10.6 Å². The summed E-state index contributed by atoms with van der Waals surface area (Å²) in [6, 6.07) is 0. The summed E-state index contributed by atoms with van der Waals surface area (Å²) in [5, 5.41) is 5.83. The molecule has 2 N–H and O–H groups in total. The van der Waals surface area contributed by atoms with E-state index in [9.17, 15) is 9.00 Å². The van der Waals surface area contributed by atoms with Crippen LogP contribution in [0.15, 0.2) is 0 Å². The quantitative estimate of drug-likeness (QED) is 0.717. The Bertz CT molecular complexity index is 236. The first-order valence-electron chi connectivity index (χ1n) is 5.06. The van der Waals surface area contributed by atoms with Crippen molar-refractivity contribution in [2.45, 2.75) is 38.5 Å². The first kappa shape index (κ1) is 14.6. The summed E-state index contributed by atoms with van der Waals surface area (Å²) in [6.07, 6.45) is 1.64. The van der Waals surface area contributed by atoms with E-state index in [-0.39, 0.29) is 16.7 Å². The number of carbonyl (C=O) groups excluding carboxylic acids is 1. The molecule has 0 heterocycles. The minimum Gasteiger partial charge on any atom is -0.354 e. The average Bonchev–Trinajstić information content (AvgIpc) is 2.09. The van der Waals surface area contributed by atoms with Gasteiger partial charge in [0.05, 0.1) is 6.54 Å². The third kappa shape index (κ3) is 8.57. The average molecular weight is 234 g/mol. The molecule has 0 spiro atoms. The Hall–Kier alpha value is -0.420. The maximum atomic E-state index is 11.3. The van der Waals surface area contributed by atoms with E-state index in [0.717, 1.165) is 0 Å². The SMILES string of the molecule is CC(CNC(=O)CNC(C)(C)C)S(C)=O. The van der Waals surface area contributed by atoms with Crippen molar-refractivity contribution < 1.29 is 9.00 Å². The molecule has 2 unspecified atom stereocenters.